The van der Waals surface area contributed by atoms with Gasteiger partial charge in [0.1, 0.15) is 12.4 Å². The maximum absolute atomic E-state index is 11.9. The van der Waals surface area contributed by atoms with E-state index in [1.807, 2.05) is 17.0 Å². The highest BCUT2D eigenvalue weighted by Gasteiger charge is 2.28. The second-order valence-electron chi connectivity index (χ2n) is 7.40. The smallest absolute Gasteiger partial charge is 0.248 e. The Morgan fingerprint density at radius 3 is 2.81 bits per heavy atom. The van der Waals surface area contributed by atoms with Gasteiger partial charge in [0.2, 0.25) is 5.91 Å². The molecule has 146 valence electrons. The first kappa shape index (κ1) is 19.4. The Labute approximate surface area is 160 Å². The first-order valence-corrected chi connectivity index (χ1v) is 9.60. The van der Waals surface area contributed by atoms with E-state index in [1.165, 1.54) is 5.56 Å². The molecular weight excluding hydrogens is 342 g/mol. The fourth-order valence-corrected chi connectivity index (χ4v) is 3.39. The molecule has 2 heterocycles. The Bertz CT molecular complexity index is 739. The molecule has 1 aromatic carbocycles. The van der Waals surface area contributed by atoms with Crippen LogP contribution < -0.4 is 4.74 Å². The number of carbonyl (C=O) groups is 1. The molecule has 27 heavy (non-hydrogen) atoms. The molecule has 0 aliphatic carbocycles. The van der Waals surface area contributed by atoms with E-state index in [0.29, 0.717) is 25.0 Å². The summed E-state index contributed by atoms with van der Waals surface area (Å²) < 4.78 is 10.8. The van der Waals surface area contributed by atoms with E-state index in [0.717, 1.165) is 36.5 Å². The van der Waals surface area contributed by atoms with Gasteiger partial charge in [-0.05, 0) is 36.1 Å². The van der Waals surface area contributed by atoms with Gasteiger partial charge in [-0.3, -0.25) is 9.89 Å². The number of methoxy groups -OCH3 is 1. The summed E-state index contributed by atoms with van der Waals surface area (Å²) >= 11 is 0. The van der Waals surface area contributed by atoms with Crippen molar-refractivity contribution < 1.29 is 14.3 Å². The number of aromatic nitrogens is 2. The Kier molecular flexibility index (Phi) is 6.50. The predicted octanol–water partition coefficient (Wildman–Crippen LogP) is 3.12. The number of rotatable bonds is 8. The van der Waals surface area contributed by atoms with E-state index in [9.17, 15) is 4.79 Å². The number of H-pyrrole nitrogens is 1. The van der Waals surface area contributed by atoms with Crippen LogP contribution in [-0.4, -0.2) is 54.4 Å². The molecule has 3 rings (SSSR count). The number of ether oxygens (including phenoxy) is 2. The fraction of sp³-hybridized carbons (Fsp3) is 0.524. The Morgan fingerprint density at radius 1 is 1.33 bits per heavy atom. The van der Waals surface area contributed by atoms with Crippen LogP contribution in [0, 0.1) is 0 Å². The molecule has 1 amide bonds. The van der Waals surface area contributed by atoms with Crippen molar-refractivity contribution in [3.05, 3.63) is 47.3 Å². The van der Waals surface area contributed by atoms with Crippen LogP contribution in [0.2, 0.25) is 0 Å². The van der Waals surface area contributed by atoms with Gasteiger partial charge in [0.05, 0.1) is 12.3 Å². The van der Waals surface area contributed by atoms with E-state index < -0.39 is 0 Å². The van der Waals surface area contributed by atoms with Crippen molar-refractivity contribution in [1.82, 2.24) is 15.1 Å². The fourth-order valence-electron chi connectivity index (χ4n) is 3.39. The van der Waals surface area contributed by atoms with Crippen LogP contribution in [-0.2, 0) is 16.0 Å². The average Bonchev–Trinajstić information content (AvgIpc) is 3.32. The first-order chi connectivity index (χ1) is 13.1. The molecule has 6 nitrogen and oxygen atoms in total. The van der Waals surface area contributed by atoms with E-state index in [1.54, 1.807) is 7.11 Å². The molecule has 2 aromatic rings. The quantitative estimate of drug-likeness (QED) is 0.774. The summed E-state index contributed by atoms with van der Waals surface area (Å²) in [5.74, 6) is 1.76. The van der Waals surface area contributed by atoms with Gasteiger partial charge in [-0.15, -0.1) is 0 Å². The Balaban J connectivity index is 1.46. The number of nitrogens with one attached hydrogen (secondary N) is 1. The Hall–Kier alpha value is -2.34. The third-order valence-electron chi connectivity index (χ3n) is 5.06. The molecule has 0 bridgehead atoms. The van der Waals surface area contributed by atoms with Crippen molar-refractivity contribution in [1.29, 1.82) is 0 Å². The average molecular weight is 371 g/mol. The summed E-state index contributed by atoms with van der Waals surface area (Å²) in [6.07, 6.45) is 1.72. The summed E-state index contributed by atoms with van der Waals surface area (Å²) in [6, 6.07) is 10.4. The van der Waals surface area contributed by atoms with Gasteiger partial charge < -0.3 is 14.4 Å². The molecule has 1 atom stereocenters. The summed E-state index contributed by atoms with van der Waals surface area (Å²) in [5.41, 5.74) is 3.40. The highest BCUT2D eigenvalue weighted by molar-refractivity contribution is 5.77. The topological polar surface area (TPSA) is 67.4 Å². The lowest BCUT2D eigenvalue weighted by atomic mass is 10.0. The summed E-state index contributed by atoms with van der Waals surface area (Å²) in [7, 11) is 1.55. The number of hydrogen-bond acceptors (Lipinski definition) is 4. The lowest BCUT2D eigenvalue weighted by Gasteiger charge is -2.15. The van der Waals surface area contributed by atoms with Gasteiger partial charge in [0.15, 0.2) is 0 Å². The monoisotopic (exact) mass is 371 g/mol. The highest BCUT2D eigenvalue weighted by Crippen LogP contribution is 2.26. The first-order valence-electron chi connectivity index (χ1n) is 9.60. The number of benzene rings is 1. The third-order valence-corrected chi connectivity index (χ3v) is 5.06. The lowest BCUT2D eigenvalue weighted by Crippen LogP contribution is -2.31. The molecule has 1 unspecified atom stereocenters. The third kappa shape index (κ3) is 5.10. The SMILES string of the molecule is COCC(=O)N1CCC(c2cc(CCOc3ccc(C(C)C)cc3)[nH]n2)C1. The second-order valence-corrected chi connectivity index (χ2v) is 7.40. The minimum absolute atomic E-state index is 0.0487. The molecule has 1 aromatic heterocycles. The number of hydrogen-bond donors (Lipinski definition) is 1. The zero-order valence-electron chi connectivity index (χ0n) is 16.4. The molecule has 1 fully saturated rings. The van der Waals surface area contributed by atoms with Crippen LogP contribution in [0.15, 0.2) is 30.3 Å². The van der Waals surface area contributed by atoms with Gasteiger partial charge in [0.25, 0.3) is 0 Å². The molecule has 0 radical (unpaired) electrons. The number of amides is 1. The van der Waals surface area contributed by atoms with Crippen molar-refractivity contribution in [3.63, 3.8) is 0 Å². The van der Waals surface area contributed by atoms with Crippen LogP contribution in [0.3, 0.4) is 0 Å². The van der Waals surface area contributed by atoms with Crippen LogP contribution in [0.25, 0.3) is 0 Å². The standard InChI is InChI=1S/C21H29N3O3/c1-15(2)16-4-6-19(7-5-16)27-11-9-18-12-20(23-22-18)17-8-10-24(13-17)21(25)14-26-3/h4-7,12,15,17H,8-11,13-14H2,1-3H3,(H,22,23). The zero-order chi connectivity index (χ0) is 19.2. The van der Waals surface area contributed by atoms with E-state index in [4.69, 9.17) is 9.47 Å². The van der Waals surface area contributed by atoms with Crippen LogP contribution in [0.1, 0.15) is 49.1 Å². The second kappa shape index (κ2) is 9.04. The predicted molar refractivity (Wildman–Crippen MR) is 104 cm³/mol. The molecule has 6 heteroatoms. The highest BCUT2D eigenvalue weighted by atomic mass is 16.5. The van der Waals surface area contributed by atoms with Crippen molar-refractivity contribution in [3.8, 4) is 5.75 Å². The van der Waals surface area contributed by atoms with Crippen LogP contribution >= 0.6 is 0 Å². The molecule has 1 aliphatic rings. The van der Waals surface area contributed by atoms with Crippen LogP contribution in [0.4, 0.5) is 0 Å². The zero-order valence-corrected chi connectivity index (χ0v) is 16.4. The van der Waals surface area contributed by atoms with Crippen molar-refractivity contribution >= 4 is 5.91 Å². The maximum atomic E-state index is 11.9. The molecule has 0 saturated carbocycles. The van der Waals surface area contributed by atoms with Crippen molar-refractivity contribution in [2.24, 2.45) is 0 Å². The Morgan fingerprint density at radius 2 is 2.11 bits per heavy atom. The molecule has 1 saturated heterocycles. The number of carbonyl (C=O) groups excluding carboxylic acids is 1. The summed E-state index contributed by atoms with van der Waals surface area (Å²) in [4.78, 5) is 13.8. The lowest BCUT2D eigenvalue weighted by molar-refractivity contribution is -0.134. The van der Waals surface area contributed by atoms with Gasteiger partial charge in [-0.1, -0.05) is 26.0 Å². The van der Waals surface area contributed by atoms with Gasteiger partial charge >= 0.3 is 0 Å². The number of aromatic amines is 1. The molecule has 1 aliphatic heterocycles. The van der Waals surface area contributed by atoms with Crippen LogP contribution in [0.5, 0.6) is 5.75 Å². The van der Waals surface area contributed by atoms with Gasteiger partial charge in [0, 0.05) is 38.2 Å². The van der Waals surface area contributed by atoms with E-state index in [-0.39, 0.29) is 12.5 Å². The molecular formula is C21H29N3O3. The van der Waals surface area contributed by atoms with Crippen molar-refractivity contribution in [2.75, 3.05) is 33.4 Å². The molecule has 0 spiro atoms. The maximum Gasteiger partial charge on any atom is 0.248 e. The van der Waals surface area contributed by atoms with Gasteiger partial charge in [-0.2, -0.15) is 5.10 Å². The molecule has 1 N–H and O–H groups in total. The van der Waals surface area contributed by atoms with E-state index in [2.05, 4.69) is 42.2 Å². The van der Waals surface area contributed by atoms with Gasteiger partial charge in [-0.25, -0.2) is 0 Å². The summed E-state index contributed by atoms with van der Waals surface area (Å²) in [6.45, 7) is 6.60. The number of nitrogens with zero attached hydrogens (tertiary/aromatic N) is 2. The minimum Gasteiger partial charge on any atom is -0.493 e. The van der Waals surface area contributed by atoms with Crippen molar-refractivity contribution in [2.45, 2.75) is 38.5 Å². The number of likely N-dealkylation sites (tertiary alicyclic amines) is 1. The summed E-state index contributed by atoms with van der Waals surface area (Å²) in [5, 5.41) is 7.55. The van der Waals surface area contributed by atoms with E-state index >= 15 is 0 Å². The largest absolute Gasteiger partial charge is 0.493 e. The minimum atomic E-state index is 0.0487. The normalized spacial score (nSPS) is 16.9.